The third kappa shape index (κ3) is 4.32. The second-order valence-electron chi connectivity index (χ2n) is 8.04. The fourth-order valence-corrected chi connectivity index (χ4v) is 4.11. The number of ether oxygens (including phenoxy) is 1. The first kappa shape index (κ1) is 21.0. The Kier molecular flexibility index (Phi) is 6.00. The zero-order valence-corrected chi connectivity index (χ0v) is 19.1. The van der Waals surface area contributed by atoms with Crippen LogP contribution >= 0.6 is 27.5 Å². The van der Waals surface area contributed by atoms with Gasteiger partial charge in [0.15, 0.2) is 5.78 Å². The van der Waals surface area contributed by atoms with Crippen LogP contribution in [0.15, 0.2) is 53.0 Å². The minimum Gasteiger partial charge on any atom is -0.360 e. The Balaban J connectivity index is 2.41. The average molecular weight is 460 g/mol. The highest BCUT2D eigenvalue weighted by molar-refractivity contribution is 9.10. The third-order valence-corrected chi connectivity index (χ3v) is 5.56. The van der Waals surface area contributed by atoms with E-state index in [4.69, 9.17) is 16.3 Å². The largest absolute Gasteiger partial charge is 0.360 e. The number of fused-ring (bicyclic) bond motifs is 1. The van der Waals surface area contributed by atoms with Crippen LogP contribution in [0.5, 0.6) is 0 Å². The van der Waals surface area contributed by atoms with Gasteiger partial charge in [0.25, 0.3) is 0 Å². The predicted octanol–water partition coefficient (Wildman–Crippen LogP) is 7.68. The summed E-state index contributed by atoms with van der Waals surface area (Å²) in [5.41, 5.74) is 3.50. The summed E-state index contributed by atoms with van der Waals surface area (Å²) in [5.74, 6) is -0.0115. The zero-order chi connectivity index (χ0) is 20.6. The van der Waals surface area contributed by atoms with E-state index in [1.807, 2.05) is 64.1 Å². The molecule has 3 aromatic carbocycles. The number of benzene rings is 3. The average Bonchev–Trinajstić information content (AvgIpc) is 2.60. The number of rotatable bonds is 4. The highest BCUT2D eigenvalue weighted by atomic mass is 79.9. The minimum atomic E-state index is -0.644. The lowest BCUT2D eigenvalue weighted by Crippen LogP contribution is -2.27. The molecule has 0 spiro atoms. The van der Waals surface area contributed by atoms with Crippen molar-refractivity contribution in [2.45, 2.75) is 46.3 Å². The van der Waals surface area contributed by atoms with Gasteiger partial charge in [-0.25, -0.2) is 0 Å². The lowest BCUT2D eigenvalue weighted by atomic mass is 9.86. The molecule has 1 atom stereocenters. The van der Waals surface area contributed by atoms with Crippen LogP contribution in [0.3, 0.4) is 0 Å². The Morgan fingerprint density at radius 2 is 1.71 bits per heavy atom. The second-order valence-corrected chi connectivity index (χ2v) is 9.34. The number of ketones is 1. The third-order valence-electron chi connectivity index (χ3n) is 4.61. The molecule has 0 aliphatic rings. The van der Waals surface area contributed by atoms with E-state index in [0.717, 1.165) is 37.5 Å². The lowest BCUT2D eigenvalue weighted by molar-refractivity contribution is -0.138. The fraction of sp³-hybridized carbons (Fsp3) is 0.292. The SMILES string of the molecule is CC(=O)C(OC(C)(C)C)c1c(C)cc2c(Br)cccc2c1-c1ccc(Cl)cc1. The molecule has 0 aliphatic heterocycles. The Bertz CT molecular complexity index is 1030. The second kappa shape index (κ2) is 7.98. The van der Waals surface area contributed by atoms with Crippen LogP contribution in [0.4, 0.5) is 0 Å². The maximum atomic E-state index is 12.7. The van der Waals surface area contributed by atoms with Crippen LogP contribution in [0, 0.1) is 6.92 Å². The maximum absolute atomic E-state index is 12.7. The summed E-state index contributed by atoms with van der Waals surface area (Å²) < 4.78 is 7.26. The number of Topliss-reactive ketones (excluding diaryl/α,β-unsaturated/α-hetero) is 1. The molecule has 0 aromatic heterocycles. The number of carbonyl (C=O) groups excluding carboxylic acids is 1. The van der Waals surface area contributed by atoms with Crippen LogP contribution in [-0.4, -0.2) is 11.4 Å². The van der Waals surface area contributed by atoms with E-state index in [0.29, 0.717) is 5.02 Å². The molecule has 3 aromatic rings. The van der Waals surface area contributed by atoms with E-state index in [9.17, 15) is 4.79 Å². The molecule has 0 N–H and O–H groups in total. The monoisotopic (exact) mass is 458 g/mol. The van der Waals surface area contributed by atoms with Gasteiger partial charge in [0, 0.05) is 9.50 Å². The molecule has 0 fully saturated rings. The summed E-state index contributed by atoms with van der Waals surface area (Å²) in [4.78, 5) is 12.7. The van der Waals surface area contributed by atoms with E-state index in [2.05, 4.69) is 28.1 Å². The molecule has 2 nitrogen and oxygen atoms in total. The molecule has 0 heterocycles. The first-order chi connectivity index (χ1) is 13.1. The van der Waals surface area contributed by atoms with Gasteiger partial charge in [0.05, 0.1) is 5.60 Å². The van der Waals surface area contributed by atoms with Crippen LogP contribution in [0.1, 0.15) is 44.9 Å². The molecule has 0 saturated carbocycles. The van der Waals surface area contributed by atoms with Crippen molar-refractivity contribution in [2.24, 2.45) is 0 Å². The highest BCUT2D eigenvalue weighted by Crippen LogP contribution is 2.42. The molecular weight excluding hydrogens is 436 g/mol. The number of hydrogen-bond acceptors (Lipinski definition) is 2. The number of aryl methyl sites for hydroxylation is 1. The van der Waals surface area contributed by atoms with E-state index in [1.165, 1.54) is 0 Å². The van der Waals surface area contributed by atoms with Crippen molar-refractivity contribution in [3.63, 3.8) is 0 Å². The Labute approximate surface area is 180 Å². The van der Waals surface area contributed by atoms with Gasteiger partial charge in [0.1, 0.15) is 6.10 Å². The van der Waals surface area contributed by atoms with Crippen LogP contribution < -0.4 is 0 Å². The van der Waals surface area contributed by atoms with Gasteiger partial charge in [0.2, 0.25) is 0 Å². The van der Waals surface area contributed by atoms with Crippen LogP contribution in [0.2, 0.25) is 5.02 Å². The van der Waals surface area contributed by atoms with Crippen molar-refractivity contribution in [1.82, 2.24) is 0 Å². The van der Waals surface area contributed by atoms with Crippen LogP contribution in [-0.2, 0) is 9.53 Å². The molecule has 1 unspecified atom stereocenters. The van der Waals surface area contributed by atoms with E-state index in [-0.39, 0.29) is 5.78 Å². The Morgan fingerprint density at radius 3 is 2.29 bits per heavy atom. The Hall–Kier alpha value is -1.68. The van der Waals surface area contributed by atoms with Crippen molar-refractivity contribution in [3.8, 4) is 11.1 Å². The number of hydrogen-bond donors (Lipinski definition) is 0. The van der Waals surface area contributed by atoms with Gasteiger partial charge in [-0.15, -0.1) is 0 Å². The van der Waals surface area contributed by atoms with E-state index in [1.54, 1.807) is 6.92 Å². The molecule has 3 rings (SSSR count). The first-order valence-electron chi connectivity index (χ1n) is 9.24. The molecule has 146 valence electrons. The molecule has 0 bridgehead atoms. The summed E-state index contributed by atoms with van der Waals surface area (Å²) in [6.07, 6.45) is -0.644. The summed E-state index contributed by atoms with van der Waals surface area (Å²) in [6.45, 7) is 9.54. The van der Waals surface area contributed by atoms with E-state index < -0.39 is 11.7 Å². The quantitative estimate of drug-likeness (QED) is 0.400. The van der Waals surface area contributed by atoms with Crippen molar-refractivity contribution < 1.29 is 9.53 Å². The summed E-state index contributed by atoms with van der Waals surface area (Å²) in [6, 6.07) is 16.0. The number of carbonyl (C=O) groups is 1. The highest BCUT2D eigenvalue weighted by Gasteiger charge is 2.29. The Morgan fingerprint density at radius 1 is 1.07 bits per heavy atom. The van der Waals surface area contributed by atoms with Gasteiger partial charge in [-0.1, -0.05) is 51.8 Å². The predicted molar refractivity (Wildman–Crippen MR) is 121 cm³/mol. The summed E-state index contributed by atoms with van der Waals surface area (Å²) in [7, 11) is 0. The summed E-state index contributed by atoms with van der Waals surface area (Å²) in [5, 5.41) is 2.85. The van der Waals surface area contributed by atoms with Crippen molar-refractivity contribution >= 4 is 44.1 Å². The lowest BCUT2D eigenvalue weighted by Gasteiger charge is -2.29. The normalized spacial score (nSPS) is 13.0. The van der Waals surface area contributed by atoms with Crippen molar-refractivity contribution in [1.29, 1.82) is 0 Å². The van der Waals surface area contributed by atoms with Crippen LogP contribution in [0.25, 0.3) is 21.9 Å². The van der Waals surface area contributed by atoms with Gasteiger partial charge in [-0.05, 0) is 91.9 Å². The van der Waals surface area contributed by atoms with Gasteiger partial charge in [-0.2, -0.15) is 0 Å². The van der Waals surface area contributed by atoms with Crippen molar-refractivity contribution in [2.75, 3.05) is 0 Å². The number of halogens is 2. The molecule has 28 heavy (non-hydrogen) atoms. The summed E-state index contributed by atoms with van der Waals surface area (Å²) >= 11 is 9.80. The smallest absolute Gasteiger partial charge is 0.163 e. The van der Waals surface area contributed by atoms with Gasteiger partial charge >= 0.3 is 0 Å². The molecule has 4 heteroatoms. The van der Waals surface area contributed by atoms with Gasteiger partial charge < -0.3 is 4.74 Å². The zero-order valence-electron chi connectivity index (χ0n) is 16.8. The van der Waals surface area contributed by atoms with Crippen molar-refractivity contribution in [3.05, 3.63) is 69.2 Å². The molecule has 0 aliphatic carbocycles. The topological polar surface area (TPSA) is 26.3 Å². The standard InChI is InChI=1S/C24H24BrClO2/c1-14-13-19-18(7-6-8-20(19)25)22(16-9-11-17(26)12-10-16)21(14)23(15(2)27)28-24(3,4)5/h6-13,23H,1-5H3. The molecule has 0 amide bonds. The molecular formula is C24H24BrClO2. The molecule has 0 saturated heterocycles. The maximum Gasteiger partial charge on any atom is 0.163 e. The minimum absolute atomic E-state index is 0.0115. The molecule has 0 radical (unpaired) electrons. The van der Waals surface area contributed by atoms with Gasteiger partial charge in [-0.3, -0.25) is 4.79 Å². The van der Waals surface area contributed by atoms with E-state index >= 15 is 0 Å². The first-order valence-corrected chi connectivity index (χ1v) is 10.4. The fourth-order valence-electron chi connectivity index (χ4n) is 3.50.